The van der Waals surface area contributed by atoms with Crippen LogP contribution < -0.4 is 4.74 Å². The van der Waals surface area contributed by atoms with E-state index >= 15 is 0 Å². The van der Waals surface area contributed by atoms with Crippen molar-refractivity contribution in [2.75, 3.05) is 0 Å². The van der Waals surface area contributed by atoms with Gasteiger partial charge in [-0.15, -0.1) is 0 Å². The summed E-state index contributed by atoms with van der Waals surface area (Å²) in [4.78, 5) is 15.9. The molecule has 0 aromatic carbocycles. The fourth-order valence-corrected chi connectivity index (χ4v) is 1.21. The van der Waals surface area contributed by atoms with Crippen LogP contribution in [0.2, 0.25) is 0 Å². The van der Waals surface area contributed by atoms with Gasteiger partial charge in [0.2, 0.25) is 0 Å². The molecule has 0 spiro atoms. The summed E-state index contributed by atoms with van der Waals surface area (Å²) in [6.45, 7) is 0. The molecule has 6 nitrogen and oxygen atoms in total. The standard InChI is InChI=1S/C10H6N4O2/c1-2-7(4-11-3-1)16-10-12-5-8-9(14-10)15-6-13-8/h1-6H. The normalized spacial score (nSPS) is 10.5. The van der Waals surface area contributed by atoms with E-state index in [0.717, 1.165) is 0 Å². The Morgan fingerprint density at radius 2 is 2.19 bits per heavy atom. The number of oxazole rings is 1. The molecule has 0 saturated heterocycles. The van der Waals surface area contributed by atoms with E-state index in [1.807, 2.05) is 0 Å². The summed E-state index contributed by atoms with van der Waals surface area (Å²) in [6, 6.07) is 3.74. The monoisotopic (exact) mass is 214 g/mol. The molecule has 0 N–H and O–H groups in total. The van der Waals surface area contributed by atoms with E-state index in [4.69, 9.17) is 9.15 Å². The van der Waals surface area contributed by atoms with Gasteiger partial charge in [0, 0.05) is 6.20 Å². The Morgan fingerprint density at radius 1 is 1.19 bits per heavy atom. The molecule has 0 unspecified atom stereocenters. The van der Waals surface area contributed by atoms with Gasteiger partial charge < -0.3 is 9.15 Å². The average Bonchev–Trinajstić information content (AvgIpc) is 2.77. The van der Waals surface area contributed by atoms with E-state index in [1.165, 1.54) is 12.6 Å². The van der Waals surface area contributed by atoms with Crippen molar-refractivity contribution in [1.29, 1.82) is 0 Å². The first-order valence-electron chi connectivity index (χ1n) is 4.56. The molecule has 0 fully saturated rings. The summed E-state index contributed by atoms with van der Waals surface area (Å²) >= 11 is 0. The van der Waals surface area contributed by atoms with Crippen molar-refractivity contribution in [2.45, 2.75) is 0 Å². The highest BCUT2D eigenvalue weighted by Crippen LogP contribution is 2.17. The van der Waals surface area contributed by atoms with Crippen LogP contribution >= 0.6 is 0 Å². The second kappa shape index (κ2) is 3.58. The van der Waals surface area contributed by atoms with E-state index in [-0.39, 0.29) is 6.01 Å². The molecule has 3 aromatic heterocycles. The van der Waals surface area contributed by atoms with Gasteiger partial charge in [-0.1, -0.05) is 0 Å². The van der Waals surface area contributed by atoms with Crippen LogP contribution in [0.3, 0.4) is 0 Å². The predicted octanol–water partition coefficient (Wildman–Crippen LogP) is 1.81. The van der Waals surface area contributed by atoms with E-state index < -0.39 is 0 Å². The Morgan fingerprint density at radius 3 is 3.06 bits per heavy atom. The second-order valence-electron chi connectivity index (χ2n) is 2.99. The highest BCUT2D eigenvalue weighted by atomic mass is 16.5. The fraction of sp³-hybridized carbons (Fsp3) is 0. The highest BCUT2D eigenvalue weighted by Gasteiger charge is 2.05. The molecule has 0 aliphatic carbocycles. The zero-order valence-corrected chi connectivity index (χ0v) is 8.07. The lowest BCUT2D eigenvalue weighted by Gasteiger charge is -2.00. The second-order valence-corrected chi connectivity index (χ2v) is 2.99. The van der Waals surface area contributed by atoms with Crippen LogP contribution in [0, 0.1) is 0 Å². The molecule has 0 amide bonds. The molecule has 16 heavy (non-hydrogen) atoms. The summed E-state index contributed by atoms with van der Waals surface area (Å²) < 4.78 is 10.4. The quantitative estimate of drug-likeness (QED) is 0.647. The molecule has 3 aromatic rings. The third-order valence-electron chi connectivity index (χ3n) is 1.91. The topological polar surface area (TPSA) is 73.9 Å². The lowest BCUT2D eigenvalue weighted by atomic mass is 10.5. The Kier molecular flexibility index (Phi) is 1.96. The van der Waals surface area contributed by atoms with Gasteiger partial charge in [0.15, 0.2) is 6.39 Å². The lowest BCUT2D eigenvalue weighted by Crippen LogP contribution is -1.91. The molecule has 3 rings (SSSR count). The maximum atomic E-state index is 5.38. The first-order chi connectivity index (χ1) is 7.92. The SMILES string of the molecule is c1cncc(Oc2ncc3ncoc3n2)c1. The number of aromatic nitrogens is 4. The van der Waals surface area contributed by atoms with Crippen molar-refractivity contribution in [3.05, 3.63) is 37.1 Å². The largest absolute Gasteiger partial charge is 0.425 e. The Hall–Kier alpha value is -2.50. The summed E-state index contributed by atoms with van der Waals surface area (Å²) in [5.74, 6) is 0.571. The third kappa shape index (κ3) is 1.56. The van der Waals surface area contributed by atoms with Crippen molar-refractivity contribution in [3.63, 3.8) is 0 Å². The van der Waals surface area contributed by atoms with E-state index in [0.29, 0.717) is 17.0 Å². The molecular weight excluding hydrogens is 208 g/mol. The number of nitrogens with zero attached hydrogens (tertiary/aromatic N) is 4. The van der Waals surface area contributed by atoms with Crippen molar-refractivity contribution in [1.82, 2.24) is 19.9 Å². The van der Waals surface area contributed by atoms with Crippen LogP contribution in [0.5, 0.6) is 11.8 Å². The zero-order valence-electron chi connectivity index (χ0n) is 8.07. The molecule has 0 aliphatic heterocycles. The van der Waals surface area contributed by atoms with Crippen molar-refractivity contribution in [2.24, 2.45) is 0 Å². The summed E-state index contributed by atoms with van der Waals surface area (Å²) in [6.07, 6.45) is 6.09. The molecule has 0 radical (unpaired) electrons. The minimum Gasteiger partial charge on any atom is -0.425 e. The molecule has 78 valence electrons. The van der Waals surface area contributed by atoms with E-state index in [1.54, 1.807) is 24.5 Å². The molecular formula is C10H6N4O2. The number of hydrogen-bond acceptors (Lipinski definition) is 6. The van der Waals surface area contributed by atoms with E-state index in [9.17, 15) is 0 Å². The average molecular weight is 214 g/mol. The van der Waals surface area contributed by atoms with Gasteiger partial charge in [-0.25, -0.2) is 9.97 Å². The van der Waals surface area contributed by atoms with E-state index in [2.05, 4.69) is 19.9 Å². The number of hydrogen-bond donors (Lipinski definition) is 0. The first-order valence-corrected chi connectivity index (χ1v) is 4.56. The van der Waals surface area contributed by atoms with Gasteiger partial charge in [0.25, 0.3) is 5.71 Å². The predicted molar refractivity (Wildman–Crippen MR) is 53.9 cm³/mol. The molecule has 3 heterocycles. The smallest absolute Gasteiger partial charge is 0.325 e. The van der Waals surface area contributed by atoms with Gasteiger partial charge >= 0.3 is 6.01 Å². The zero-order chi connectivity index (χ0) is 10.8. The molecule has 6 heteroatoms. The summed E-state index contributed by atoms with van der Waals surface area (Å²) in [5.41, 5.74) is 0.993. The Balaban J connectivity index is 1.94. The van der Waals surface area contributed by atoms with Crippen LogP contribution in [0.1, 0.15) is 0 Å². The fourth-order valence-electron chi connectivity index (χ4n) is 1.21. The molecule has 0 saturated carbocycles. The van der Waals surface area contributed by atoms with Crippen LogP contribution in [0.25, 0.3) is 11.2 Å². The third-order valence-corrected chi connectivity index (χ3v) is 1.91. The number of fused-ring (bicyclic) bond motifs is 1. The highest BCUT2D eigenvalue weighted by molar-refractivity contribution is 5.65. The van der Waals surface area contributed by atoms with Gasteiger partial charge in [0.1, 0.15) is 11.3 Å². The minimum atomic E-state index is 0.206. The molecule has 0 atom stereocenters. The summed E-state index contributed by atoms with van der Waals surface area (Å²) in [5, 5.41) is 0. The maximum Gasteiger partial charge on any atom is 0.325 e. The van der Waals surface area contributed by atoms with Gasteiger partial charge in [-0.05, 0) is 12.1 Å². The lowest BCUT2D eigenvalue weighted by molar-refractivity contribution is 0.438. The Bertz CT molecular complexity index is 608. The molecule has 0 bridgehead atoms. The van der Waals surface area contributed by atoms with Crippen molar-refractivity contribution >= 4 is 11.2 Å². The number of pyridine rings is 1. The number of rotatable bonds is 2. The summed E-state index contributed by atoms with van der Waals surface area (Å²) in [7, 11) is 0. The van der Waals surface area contributed by atoms with Gasteiger partial charge in [0.05, 0.1) is 12.4 Å². The Labute approximate surface area is 90.0 Å². The van der Waals surface area contributed by atoms with Gasteiger partial charge in [-0.3, -0.25) is 4.98 Å². The van der Waals surface area contributed by atoms with Crippen molar-refractivity contribution in [3.8, 4) is 11.8 Å². The number of ether oxygens (including phenoxy) is 1. The van der Waals surface area contributed by atoms with Crippen LogP contribution in [0.15, 0.2) is 41.5 Å². The van der Waals surface area contributed by atoms with Gasteiger partial charge in [-0.2, -0.15) is 4.98 Å². The maximum absolute atomic E-state index is 5.38. The molecule has 0 aliphatic rings. The van der Waals surface area contributed by atoms with Crippen LogP contribution in [-0.2, 0) is 0 Å². The first kappa shape index (κ1) is 8.78. The van der Waals surface area contributed by atoms with Crippen molar-refractivity contribution < 1.29 is 9.15 Å². The minimum absolute atomic E-state index is 0.206. The van der Waals surface area contributed by atoms with Crippen LogP contribution in [0.4, 0.5) is 0 Å². The van der Waals surface area contributed by atoms with Crippen LogP contribution in [-0.4, -0.2) is 19.9 Å².